The lowest BCUT2D eigenvalue weighted by molar-refractivity contribution is -0.136. The van der Waals surface area contributed by atoms with Crippen molar-refractivity contribution in [2.75, 3.05) is 32.8 Å². The minimum absolute atomic E-state index is 0.0363. The highest BCUT2D eigenvalue weighted by atomic mass is 19.1. The average molecular weight is 495 g/mol. The third kappa shape index (κ3) is 5.36. The second-order valence-corrected chi connectivity index (χ2v) is 9.67. The molecule has 1 fully saturated rings. The van der Waals surface area contributed by atoms with Gasteiger partial charge in [-0.15, -0.1) is 0 Å². The molecule has 0 unspecified atom stereocenters. The standard InChI is InChI=1S/C27H31FN4O4/c28-20-5-8-24-23(13-20)27(35)30-15-22-7-6-21(14-25(33)29-10-12-36-24)32(22)26(34)17-31-11-9-18-3-1-2-4-19(18)16-31/h1-5,8,13,21-22H,6-7,9-12,14-17H2,(H,29,33)(H,30,35)/t21-,22+/m0/s1. The van der Waals surface area contributed by atoms with Crippen molar-refractivity contribution in [2.24, 2.45) is 0 Å². The van der Waals surface area contributed by atoms with Gasteiger partial charge in [0, 0.05) is 38.1 Å². The Morgan fingerprint density at radius 2 is 1.86 bits per heavy atom. The van der Waals surface area contributed by atoms with Crippen LogP contribution in [0.3, 0.4) is 0 Å². The molecule has 3 aliphatic rings. The first-order valence-electron chi connectivity index (χ1n) is 12.6. The summed E-state index contributed by atoms with van der Waals surface area (Å²) in [6, 6.07) is 11.6. The number of nitrogens with zero attached hydrogens (tertiary/aromatic N) is 2. The molecular formula is C27H31FN4O4. The van der Waals surface area contributed by atoms with Crippen LogP contribution in [0.5, 0.6) is 5.75 Å². The van der Waals surface area contributed by atoms with Gasteiger partial charge < -0.3 is 20.3 Å². The van der Waals surface area contributed by atoms with Crippen molar-refractivity contribution in [1.29, 1.82) is 0 Å². The summed E-state index contributed by atoms with van der Waals surface area (Å²) in [7, 11) is 0. The summed E-state index contributed by atoms with van der Waals surface area (Å²) in [6.45, 7) is 2.38. The molecule has 0 aromatic heterocycles. The third-order valence-corrected chi connectivity index (χ3v) is 7.26. The normalized spacial score (nSPS) is 23.0. The molecule has 8 nitrogen and oxygen atoms in total. The fourth-order valence-electron chi connectivity index (χ4n) is 5.48. The highest BCUT2D eigenvalue weighted by molar-refractivity contribution is 5.97. The van der Waals surface area contributed by atoms with Crippen LogP contribution in [-0.2, 0) is 22.6 Å². The van der Waals surface area contributed by atoms with E-state index in [4.69, 9.17) is 4.74 Å². The van der Waals surface area contributed by atoms with E-state index in [2.05, 4.69) is 27.7 Å². The molecule has 9 heteroatoms. The van der Waals surface area contributed by atoms with Crippen LogP contribution < -0.4 is 15.4 Å². The van der Waals surface area contributed by atoms with E-state index in [1.807, 2.05) is 12.1 Å². The van der Waals surface area contributed by atoms with Gasteiger partial charge >= 0.3 is 0 Å². The summed E-state index contributed by atoms with van der Waals surface area (Å²) in [5, 5.41) is 5.70. The number of benzene rings is 2. The van der Waals surface area contributed by atoms with E-state index in [0.717, 1.165) is 19.0 Å². The molecule has 0 aliphatic carbocycles. The Kier molecular flexibility index (Phi) is 7.18. The molecule has 190 valence electrons. The third-order valence-electron chi connectivity index (χ3n) is 7.26. The Balaban J connectivity index is 1.33. The number of nitrogens with one attached hydrogen (secondary N) is 2. The first-order valence-corrected chi connectivity index (χ1v) is 12.6. The van der Waals surface area contributed by atoms with Gasteiger partial charge in [0.25, 0.3) is 5.91 Å². The second-order valence-electron chi connectivity index (χ2n) is 9.67. The van der Waals surface area contributed by atoms with Gasteiger partial charge in [-0.1, -0.05) is 24.3 Å². The van der Waals surface area contributed by atoms with Crippen molar-refractivity contribution < 1.29 is 23.5 Å². The van der Waals surface area contributed by atoms with Crippen molar-refractivity contribution in [3.05, 3.63) is 65.0 Å². The van der Waals surface area contributed by atoms with E-state index in [1.165, 1.54) is 23.3 Å². The molecule has 3 amide bonds. The number of hydrogen-bond acceptors (Lipinski definition) is 5. The van der Waals surface area contributed by atoms with E-state index in [-0.39, 0.29) is 67.9 Å². The smallest absolute Gasteiger partial charge is 0.255 e. The van der Waals surface area contributed by atoms with Crippen molar-refractivity contribution in [3.8, 4) is 5.75 Å². The highest BCUT2D eigenvalue weighted by Gasteiger charge is 2.38. The molecule has 2 N–H and O–H groups in total. The second kappa shape index (κ2) is 10.7. The Bertz CT molecular complexity index is 1160. The molecule has 3 aliphatic heterocycles. The molecular weight excluding hydrogens is 463 g/mol. The molecule has 3 heterocycles. The van der Waals surface area contributed by atoms with Gasteiger partial charge in [0.05, 0.1) is 18.7 Å². The molecule has 2 aromatic carbocycles. The van der Waals surface area contributed by atoms with Crippen LogP contribution in [0.15, 0.2) is 42.5 Å². The lowest BCUT2D eigenvalue weighted by Gasteiger charge is -2.34. The Morgan fingerprint density at radius 1 is 1.06 bits per heavy atom. The monoisotopic (exact) mass is 494 g/mol. The van der Waals surface area contributed by atoms with Gasteiger partial charge in [-0.2, -0.15) is 0 Å². The van der Waals surface area contributed by atoms with E-state index in [1.54, 1.807) is 4.90 Å². The van der Waals surface area contributed by atoms with Crippen molar-refractivity contribution >= 4 is 17.7 Å². The number of halogens is 1. The lowest BCUT2D eigenvalue weighted by Crippen LogP contribution is -2.51. The molecule has 0 spiro atoms. The van der Waals surface area contributed by atoms with Crippen molar-refractivity contribution in [2.45, 2.75) is 44.3 Å². The fourth-order valence-corrected chi connectivity index (χ4v) is 5.48. The van der Waals surface area contributed by atoms with Crippen LogP contribution in [0.25, 0.3) is 0 Å². The van der Waals surface area contributed by atoms with E-state index in [0.29, 0.717) is 19.4 Å². The summed E-state index contributed by atoms with van der Waals surface area (Å²) < 4.78 is 19.5. The van der Waals surface area contributed by atoms with Crippen LogP contribution in [0.4, 0.5) is 4.39 Å². The molecule has 0 saturated carbocycles. The topological polar surface area (TPSA) is 91.0 Å². The number of fused-ring (bicyclic) bond motifs is 4. The van der Waals surface area contributed by atoms with E-state index >= 15 is 0 Å². The minimum Gasteiger partial charge on any atom is -0.491 e. The Labute approximate surface area is 209 Å². The average Bonchev–Trinajstić information content (AvgIpc) is 3.27. The van der Waals surface area contributed by atoms with Gasteiger partial charge in [-0.3, -0.25) is 19.3 Å². The number of hydrogen-bond donors (Lipinski definition) is 2. The van der Waals surface area contributed by atoms with E-state index < -0.39 is 11.7 Å². The molecule has 36 heavy (non-hydrogen) atoms. The Hall–Kier alpha value is -3.46. The molecule has 2 bridgehead atoms. The highest BCUT2D eigenvalue weighted by Crippen LogP contribution is 2.28. The summed E-state index contributed by atoms with van der Waals surface area (Å²) >= 11 is 0. The van der Waals surface area contributed by atoms with Crippen LogP contribution >= 0.6 is 0 Å². The molecule has 2 aromatic rings. The van der Waals surface area contributed by atoms with Crippen LogP contribution in [0.1, 0.15) is 40.7 Å². The lowest BCUT2D eigenvalue weighted by atomic mass is 10.00. The first kappa shape index (κ1) is 24.2. The number of carbonyl (C=O) groups excluding carboxylic acids is 3. The molecule has 5 rings (SSSR count). The van der Waals surface area contributed by atoms with Gasteiger partial charge in [0.15, 0.2) is 0 Å². The van der Waals surface area contributed by atoms with Crippen LogP contribution in [-0.4, -0.2) is 72.4 Å². The van der Waals surface area contributed by atoms with Gasteiger partial charge in [-0.25, -0.2) is 4.39 Å². The fraction of sp³-hybridized carbons (Fsp3) is 0.444. The molecule has 1 saturated heterocycles. The molecule has 2 atom stereocenters. The predicted molar refractivity (Wildman–Crippen MR) is 131 cm³/mol. The zero-order valence-electron chi connectivity index (χ0n) is 20.2. The number of carbonyl (C=O) groups is 3. The Morgan fingerprint density at radius 3 is 2.72 bits per heavy atom. The summed E-state index contributed by atoms with van der Waals surface area (Å²) in [5.74, 6) is -0.917. The zero-order chi connectivity index (χ0) is 25.1. The largest absolute Gasteiger partial charge is 0.491 e. The number of rotatable bonds is 2. The maximum atomic E-state index is 13.9. The quantitative estimate of drug-likeness (QED) is 0.665. The summed E-state index contributed by atoms with van der Waals surface area (Å²) in [5.41, 5.74) is 2.65. The minimum atomic E-state index is -0.539. The zero-order valence-corrected chi connectivity index (χ0v) is 20.2. The summed E-state index contributed by atoms with van der Waals surface area (Å²) in [6.07, 6.45) is 2.47. The maximum absolute atomic E-state index is 13.9. The number of ether oxygens (including phenoxy) is 1. The molecule has 0 radical (unpaired) electrons. The first-order chi connectivity index (χ1) is 17.5. The maximum Gasteiger partial charge on any atom is 0.255 e. The van der Waals surface area contributed by atoms with Crippen LogP contribution in [0, 0.1) is 5.82 Å². The number of amides is 3. The van der Waals surface area contributed by atoms with Crippen molar-refractivity contribution in [1.82, 2.24) is 20.4 Å². The van der Waals surface area contributed by atoms with Gasteiger partial charge in [0.1, 0.15) is 18.2 Å². The van der Waals surface area contributed by atoms with Crippen LogP contribution in [0.2, 0.25) is 0 Å². The van der Waals surface area contributed by atoms with Gasteiger partial charge in [-0.05, 0) is 48.6 Å². The SMILES string of the molecule is O=C1C[C@@H]2CC[C@H](CNC(=O)c3cc(F)ccc3OCCN1)N2C(=O)CN1CCc2ccccc2C1. The van der Waals surface area contributed by atoms with Crippen molar-refractivity contribution in [3.63, 3.8) is 0 Å². The van der Waals surface area contributed by atoms with Gasteiger partial charge in [0.2, 0.25) is 11.8 Å². The van der Waals surface area contributed by atoms with E-state index in [9.17, 15) is 18.8 Å². The predicted octanol–water partition coefficient (Wildman–Crippen LogP) is 1.87. The summed E-state index contributed by atoms with van der Waals surface area (Å²) in [4.78, 5) is 43.1.